The fourth-order valence-electron chi connectivity index (χ4n) is 2.68. The molecule has 0 unspecified atom stereocenters. The van der Waals surface area contributed by atoms with Crippen LogP contribution < -0.4 is 10.6 Å². The Labute approximate surface area is 129 Å². The molecule has 0 saturated carbocycles. The first-order valence-corrected chi connectivity index (χ1v) is 7.72. The topological polar surface area (TPSA) is 56.7 Å². The number of anilines is 1. The Kier molecular flexibility index (Phi) is 4.29. The van der Waals surface area contributed by atoms with Crippen LogP contribution in [-0.2, 0) is 0 Å². The maximum absolute atomic E-state index is 12.6. The van der Waals surface area contributed by atoms with E-state index in [1.807, 2.05) is 11.0 Å². The van der Waals surface area contributed by atoms with Gasteiger partial charge in [0.15, 0.2) is 0 Å². The summed E-state index contributed by atoms with van der Waals surface area (Å²) in [6.45, 7) is 3.97. The molecule has 1 amide bonds. The van der Waals surface area contributed by atoms with Crippen LogP contribution in [0.4, 0.5) is 5.69 Å². The number of carbonyl (C=O) groups is 1. The molecule has 2 heterocycles. The summed E-state index contributed by atoms with van der Waals surface area (Å²) in [5, 5.41) is 7.08. The van der Waals surface area contributed by atoms with Gasteiger partial charge < -0.3 is 15.5 Å². The van der Waals surface area contributed by atoms with Gasteiger partial charge in [0.25, 0.3) is 5.91 Å². The molecule has 2 aliphatic rings. The van der Waals surface area contributed by atoms with Crippen LogP contribution in [0.3, 0.4) is 0 Å². The number of carbonyl (C=O) groups excluding carboxylic acids is 1. The van der Waals surface area contributed by atoms with Crippen molar-refractivity contribution in [3.63, 3.8) is 0 Å². The molecule has 6 heteroatoms. The smallest absolute Gasteiger partial charge is 0.256 e. The van der Waals surface area contributed by atoms with Crippen molar-refractivity contribution >= 4 is 29.0 Å². The number of nitrogens with one attached hydrogen (secondary N) is 2. The van der Waals surface area contributed by atoms with Crippen LogP contribution in [0.15, 0.2) is 23.2 Å². The quantitative estimate of drug-likeness (QED) is 0.894. The van der Waals surface area contributed by atoms with Crippen LogP contribution in [-0.4, -0.2) is 49.4 Å². The lowest BCUT2D eigenvalue weighted by Crippen LogP contribution is -2.30. The van der Waals surface area contributed by atoms with E-state index < -0.39 is 0 Å². The number of amidine groups is 1. The van der Waals surface area contributed by atoms with Gasteiger partial charge in [0.05, 0.1) is 18.7 Å². The molecule has 5 nitrogen and oxygen atoms in total. The molecule has 112 valence electrons. The molecule has 2 N–H and O–H groups in total. The Bertz CT molecular complexity index is 567. The summed E-state index contributed by atoms with van der Waals surface area (Å²) in [7, 11) is 0. The lowest BCUT2D eigenvalue weighted by molar-refractivity contribution is 0.0794. The Balaban J connectivity index is 1.77. The minimum atomic E-state index is 0.0545. The molecular weight excluding hydrogens is 288 g/mol. The van der Waals surface area contributed by atoms with Crippen LogP contribution in [0.1, 0.15) is 23.2 Å². The van der Waals surface area contributed by atoms with E-state index in [2.05, 4.69) is 15.6 Å². The van der Waals surface area contributed by atoms with Gasteiger partial charge in [-0.2, -0.15) is 0 Å². The van der Waals surface area contributed by atoms with Crippen molar-refractivity contribution in [3.8, 4) is 0 Å². The van der Waals surface area contributed by atoms with Crippen LogP contribution in [0, 0.1) is 0 Å². The van der Waals surface area contributed by atoms with E-state index in [0.29, 0.717) is 17.1 Å². The third-order valence-corrected chi connectivity index (χ3v) is 4.03. The standard InChI is InChI=1S/C15H19ClN4O/c16-11-3-4-13(19-10-14-17-5-6-18-14)12(9-11)15(21)20-7-1-2-8-20/h3-4,9,19H,1-2,5-8,10H2,(H,17,18). The molecule has 1 fully saturated rings. The average molecular weight is 307 g/mol. The van der Waals surface area contributed by atoms with E-state index in [1.165, 1.54) is 0 Å². The number of halogens is 1. The monoisotopic (exact) mass is 306 g/mol. The minimum absolute atomic E-state index is 0.0545. The van der Waals surface area contributed by atoms with Gasteiger partial charge >= 0.3 is 0 Å². The maximum atomic E-state index is 12.6. The molecule has 21 heavy (non-hydrogen) atoms. The average Bonchev–Trinajstić information content (AvgIpc) is 3.18. The second-order valence-electron chi connectivity index (χ2n) is 5.30. The van der Waals surface area contributed by atoms with Gasteiger partial charge in [-0.25, -0.2) is 0 Å². The van der Waals surface area contributed by atoms with Crippen LogP contribution in [0.25, 0.3) is 0 Å². The van der Waals surface area contributed by atoms with Crippen LogP contribution in [0.2, 0.25) is 5.02 Å². The SMILES string of the molecule is O=C(c1cc(Cl)ccc1NCC1=NCCN1)N1CCCC1. The first-order valence-electron chi connectivity index (χ1n) is 7.34. The number of likely N-dealkylation sites (tertiary alicyclic amines) is 1. The minimum Gasteiger partial charge on any atom is -0.377 e. The van der Waals surface area contributed by atoms with Gasteiger partial charge in [-0.05, 0) is 31.0 Å². The number of amides is 1. The number of benzene rings is 1. The Morgan fingerprint density at radius 2 is 2.19 bits per heavy atom. The number of hydrogen-bond donors (Lipinski definition) is 2. The lowest BCUT2D eigenvalue weighted by atomic mass is 10.1. The van der Waals surface area contributed by atoms with E-state index in [9.17, 15) is 4.79 Å². The molecule has 0 radical (unpaired) electrons. The van der Waals surface area contributed by atoms with Crippen molar-refractivity contribution in [1.29, 1.82) is 0 Å². The zero-order valence-electron chi connectivity index (χ0n) is 11.9. The molecule has 1 saturated heterocycles. The third-order valence-electron chi connectivity index (χ3n) is 3.80. The molecular formula is C15H19ClN4O. The van der Waals surface area contributed by atoms with Crippen LogP contribution in [0.5, 0.6) is 0 Å². The molecule has 0 bridgehead atoms. The molecule has 0 aliphatic carbocycles. The van der Waals surface area contributed by atoms with Gasteiger partial charge in [0, 0.05) is 30.3 Å². The predicted octanol–water partition coefficient (Wildman–Crippen LogP) is 1.99. The van der Waals surface area contributed by atoms with Gasteiger partial charge in [0.2, 0.25) is 0 Å². The number of aliphatic imine (C=N–C) groups is 1. The molecule has 0 atom stereocenters. The van der Waals surface area contributed by atoms with Crippen molar-refractivity contribution in [1.82, 2.24) is 10.2 Å². The predicted molar refractivity (Wildman–Crippen MR) is 85.4 cm³/mol. The van der Waals surface area contributed by atoms with Crippen molar-refractivity contribution in [2.75, 3.05) is 38.0 Å². The summed E-state index contributed by atoms with van der Waals surface area (Å²) in [4.78, 5) is 18.8. The van der Waals surface area contributed by atoms with Crippen LogP contribution >= 0.6 is 11.6 Å². The highest BCUT2D eigenvalue weighted by Gasteiger charge is 2.22. The van der Waals surface area contributed by atoms with E-state index in [1.54, 1.807) is 12.1 Å². The normalized spacial score (nSPS) is 17.6. The highest BCUT2D eigenvalue weighted by Crippen LogP contribution is 2.24. The van der Waals surface area contributed by atoms with E-state index in [4.69, 9.17) is 11.6 Å². The Morgan fingerprint density at radius 1 is 1.38 bits per heavy atom. The maximum Gasteiger partial charge on any atom is 0.256 e. The summed E-state index contributed by atoms with van der Waals surface area (Å²) >= 11 is 6.06. The fourth-order valence-corrected chi connectivity index (χ4v) is 2.85. The summed E-state index contributed by atoms with van der Waals surface area (Å²) < 4.78 is 0. The molecule has 0 aromatic heterocycles. The first-order chi connectivity index (χ1) is 10.2. The number of rotatable bonds is 4. The molecule has 1 aromatic carbocycles. The van der Waals surface area contributed by atoms with Crippen molar-refractivity contribution in [3.05, 3.63) is 28.8 Å². The van der Waals surface area contributed by atoms with E-state index in [-0.39, 0.29) is 5.91 Å². The number of hydrogen-bond acceptors (Lipinski definition) is 4. The zero-order valence-corrected chi connectivity index (χ0v) is 12.6. The molecule has 2 aliphatic heterocycles. The second-order valence-corrected chi connectivity index (χ2v) is 5.73. The Hall–Kier alpha value is -1.75. The van der Waals surface area contributed by atoms with Gasteiger partial charge in [-0.1, -0.05) is 11.6 Å². The largest absolute Gasteiger partial charge is 0.377 e. The van der Waals surface area contributed by atoms with Gasteiger partial charge in [0.1, 0.15) is 5.84 Å². The van der Waals surface area contributed by atoms with E-state index in [0.717, 1.165) is 50.5 Å². The van der Waals surface area contributed by atoms with Gasteiger partial charge in [-0.3, -0.25) is 9.79 Å². The zero-order chi connectivity index (χ0) is 14.7. The van der Waals surface area contributed by atoms with Gasteiger partial charge in [-0.15, -0.1) is 0 Å². The summed E-state index contributed by atoms with van der Waals surface area (Å²) in [5.41, 5.74) is 1.45. The molecule has 1 aromatic rings. The van der Waals surface area contributed by atoms with Crippen molar-refractivity contribution in [2.24, 2.45) is 4.99 Å². The lowest BCUT2D eigenvalue weighted by Gasteiger charge is -2.18. The molecule has 3 rings (SSSR count). The fraction of sp³-hybridized carbons (Fsp3) is 0.467. The third kappa shape index (κ3) is 3.29. The van der Waals surface area contributed by atoms with Crippen molar-refractivity contribution < 1.29 is 4.79 Å². The number of nitrogens with zero attached hydrogens (tertiary/aromatic N) is 2. The second kappa shape index (κ2) is 6.35. The molecule has 0 spiro atoms. The highest BCUT2D eigenvalue weighted by molar-refractivity contribution is 6.31. The van der Waals surface area contributed by atoms with E-state index >= 15 is 0 Å². The van der Waals surface area contributed by atoms with Crippen molar-refractivity contribution in [2.45, 2.75) is 12.8 Å². The summed E-state index contributed by atoms with van der Waals surface area (Å²) in [5.74, 6) is 0.989. The Morgan fingerprint density at radius 3 is 2.90 bits per heavy atom. The highest BCUT2D eigenvalue weighted by atomic mass is 35.5. The first kappa shape index (κ1) is 14.2. The summed E-state index contributed by atoms with van der Waals surface area (Å²) in [6, 6.07) is 5.41. The summed E-state index contributed by atoms with van der Waals surface area (Å²) in [6.07, 6.45) is 2.16.